The van der Waals surface area contributed by atoms with Gasteiger partial charge >= 0.3 is 5.97 Å². The summed E-state index contributed by atoms with van der Waals surface area (Å²) in [5.74, 6) is -0.690. The van der Waals surface area contributed by atoms with Gasteiger partial charge in [0.1, 0.15) is 0 Å². The van der Waals surface area contributed by atoms with Crippen molar-refractivity contribution in [3.63, 3.8) is 0 Å². The number of carbonyl (C=O) groups excluding carboxylic acids is 2. The van der Waals surface area contributed by atoms with Crippen LogP contribution in [0.1, 0.15) is 35.7 Å². The highest BCUT2D eigenvalue weighted by atomic mass is 35.5. The molecule has 7 heteroatoms. The van der Waals surface area contributed by atoms with E-state index < -0.39 is 5.97 Å². The summed E-state index contributed by atoms with van der Waals surface area (Å²) >= 11 is 12.3. The number of rotatable bonds is 6. The van der Waals surface area contributed by atoms with E-state index in [-0.39, 0.29) is 18.4 Å². The van der Waals surface area contributed by atoms with Gasteiger partial charge in [0.15, 0.2) is 0 Å². The molecule has 1 aliphatic heterocycles. The van der Waals surface area contributed by atoms with Crippen LogP contribution in [-0.2, 0) is 16.1 Å². The molecule has 1 fully saturated rings. The molecule has 0 spiro atoms. The maximum atomic E-state index is 12.9. The molecule has 0 radical (unpaired) electrons. The number of amides is 1. The zero-order chi connectivity index (χ0) is 20.8. The molecule has 0 bridgehead atoms. The van der Waals surface area contributed by atoms with E-state index in [4.69, 9.17) is 27.9 Å². The molecule has 2 aromatic rings. The average Bonchev–Trinajstić information content (AvgIpc) is 2.71. The molecule has 1 heterocycles. The molecule has 5 nitrogen and oxygen atoms in total. The maximum absolute atomic E-state index is 12.9. The summed E-state index contributed by atoms with van der Waals surface area (Å²) in [6.07, 6.45) is 1.72. The average molecular weight is 435 g/mol. The normalized spacial score (nSPS) is 17.0. The Balaban J connectivity index is 1.65. The van der Waals surface area contributed by atoms with E-state index in [1.807, 2.05) is 12.1 Å². The minimum atomic E-state index is -0.439. The van der Waals surface area contributed by atoms with Crippen LogP contribution in [0.4, 0.5) is 5.69 Å². The second-order valence-electron chi connectivity index (χ2n) is 7.07. The van der Waals surface area contributed by atoms with Crippen molar-refractivity contribution in [2.45, 2.75) is 26.3 Å². The fraction of sp³-hybridized carbons (Fsp3) is 0.364. The quantitative estimate of drug-likeness (QED) is 0.648. The fourth-order valence-corrected chi connectivity index (χ4v) is 3.99. The van der Waals surface area contributed by atoms with Gasteiger partial charge in [-0.1, -0.05) is 41.4 Å². The SMILES string of the molecule is CCOC(=O)c1ccccc1NC(=O)C1CCCN(Cc2ccc(Cl)cc2Cl)C1. The van der Waals surface area contributed by atoms with Crippen LogP contribution in [0.3, 0.4) is 0 Å². The Hall–Kier alpha value is -2.08. The van der Waals surface area contributed by atoms with Crippen molar-refractivity contribution in [1.29, 1.82) is 0 Å². The van der Waals surface area contributed by atoms with Gasteiger partial charge in [-0.15, -0.1) is 0 Å². The highest BCUT2D eigenvalue weighted by Gasteiger charge is 2.27. The second kappa shape index (κ2) is 10.1. The van der Waals surface area contributed by atoms with Crippen LogP contribution in [0.2, 0.25) is 10.0 Å². The van der Waals surface area contributed by atoms with Gasteiger partial charge in [0.05, 0.1) is 23.8 Å². The number of piperidine rings is 1. The number of esters is 1. The third-order valence-electron chi connectivity index (χ3n) is 4.97. The Morgan fingerprint density at radius 2 is 2.00 bits per heavy atom. The minimum absolute atomic E-state index is 0.0892. The van der Waals surface area contributed by atoms with Crippen molar-refractivity contribution in [2.75, 3.05) is 25.0 Å². The summed E-state index contributed by atoms with van der Waals surface area (Å²) in [6, 6.07) is 12.4. The zero-order valence-corrected chi connectivity index (χ0v) is 17.8. The summed E-state index contributed by atoms with van der Waals surface area (Å²) in [6.45, 7) is 4.24. The van der Waals surface area contributed by atoms with Crippen LogP contribution in [-0.4, -0.2) is 36.5 Å². The molecule has 1 amide bonds. The molecular formula is C22H24Cl2N2O3. The van der Waals surface area contributed by atoms with Gasteiger partial charge in [-0.05, 0) is 56.1 Å². The topological polar surface area (TPSA) is 58.6 Å². The van der Waals surface area contributed by atoms with E-state index in [2.05, 4.69) is 10.2 Å². The lowest BCUT2D eigenvalue weighted by atomic mass is 9.96. The Bertz CT molecular complexity index is 888. The first kappa shape index (κ1) is 21.6. The number of likely N-dealkylation sites (tertiary alicyclic amines) is 1. The largest absolute Gasteiger partial charge is 0.462 e. The Morgan fingerprint density at radius 3 is 2.76 bits per heavy atom. The smallest absolute Gasteiger partial charge is 0.340 e. The van der Waals surface area contributed by atoms with E-state index >= 15 is 0 Å². The summed E-state index contributed by atoms with van der Waals surface area (Å²) in [5.41, 5.74) is 1.84. The number of para-hydroxylation sites is 1. The van der Waals surface area contributed by atoms with Crippen LogP contribution in [0.15, 0.2) is 42.5 Å². The Morgan fingerprint density at radius 1 is 1.21 bits per heavy atom. The monoisotopic (exact) mass is 434 g/mol. The van der Waals surface area contributed by atoms with Crippen molar-refractivity contribution in [3.05, 3.63) is 63.6 Å². The number of nitrogens with zero attached hydrogens (tertiary/aromatic N) is 1. The van der Waals surface area contributed by atoms with Crippen LogP contribution >= 0.6 is 23.2 Å². The number of anilines is 1. The third-order valence-corrected chi connectivity index (χ3v) is 5.55. The summed E-state index contributed by atoms with van der Waals surface area (Å²) in [5, 5.41) is 4.15. The molecular weight excluding hydrogens is 411 g/mol. The van der Waals surface area contributed by atoms with Gasteiger partial charge in [-0.3, -0.25) is 9.69 Å². The fourth-order valence-electron chi connectivity index (χ4n) is 3.52. The number of ether oxygens (including phenoxy) is 1. The summed E-state index contributed by atoms with van der Waals surface area (Å²) in [4.78, 5) is 27.2. The molecule has 0 aliphatic carbocycles. The van der Waals surface area contributed by atoms with E-state index in [1.54, 1.807) is 37.3 Å². The predicted octanol–water partition coefficient (Wildman–Crippen LogP) is 5.02. The lowest BCUT2D eigenvalue weighted by molar-refractivity contribution is -0.121. The number of carbonyl (C=O) groups is 2. The van der Waals surface area contributed by atoms with Crippen LogP contribution in [0.25, 0.3) is 0 Å². The number of nitrogens with one attached hydrogen (secondary N) is 1. The van der Waals surface area contributed by atoms with Gasteiger partial charge in [-0.25, -0.2) is 4.79 Å². The van der Waals surface area contributed by atoms with Crippen LogP contribution < -0.4 is 5.32 Å². The number of hydrogen-bond donors (Lipinski definition) is 1. The predicted molar refractivity (Wildman–Crippen MR) is 115 cm³/mol. The standard InChI is InChI=1S/C22H24Cl2N2O3/c1-2-29-22(28)18-7-3-4-8-20(18)25-21(27)16-6-5-11-26(14-16)13-15-9-10-17(23)12-19(15)24/h3-4,7-10,12,16H,2,5-6,11,13-14H2,1H3,(H,25,27). The van der Waals surface area contributed by atoms with Crippen molar-refractivity contribution in [1.82, 2.24) is 4.90 Å². The van der Waals surface area contributed by atoms with Gasteiger partial charge in [-0.2, -0.15) is 0 Å². The molecule has 0 aromatic heterocycles. The van der Waals surface area contributed by atoms with Crippen molar-refractivity contribution >= 4 is 40.8 Å². The van der Waals surface area contributed by atoms with Gasteiger partial charge in [0, 0.05) is 23.1 Å². The Labute approximate surface area is 180 Å². The van der Waals surface area contributed by atoms with E-state index in [1.165, 1.54) is 0 Å². The molecule has 154 valence electrons. The molecule has 0 saturated carbocycles. The van der Waals surface area contributed by atoms with Crippen molar-refractivity contribution < 1.29 is 14.3 Å². The summed E-state index contributed by atoms with van der Waals surface area (Å²) < 4.78 is 5.08. The Kier molecular flexibility index (Phi) is 7.53. The van der Waals surface area contributed by atoms with E-state index in [0.717, 1.165) is 24.9 Å². The third kappa shape index (κ3) is 5.72. The summed E-state index contributed by atoms with van der Waals surface area (Å²) in [7, 11) is 0. The number of hydrogen-bond acceptors (Lipinski definition) is 4. The molecule has 2 aromatic carbocycles. The van der Waals surface area contributed by atoms with Crippen LogP contribution in [0.5, 0.6) is 0 Å². The molecule has 1 saturated heterocycles. The van der Waals surface area contributed by atoms with Gasteiger partial charge < -0.3 is 10.1 Å². The molecule has 1 N–H and O–H groups in total. The van der Waals surface area contributed by atoms with Gasteiger partial charge in [0.25, 0.3) is 0 Å². The first-order valence-electron chi connectivity index (χ1n) is 9.71. The van der Waals surface area contributed by atoms with E-state index in [0.29, 0.717) is 34.4 Å². The molecule has 1 atom stereocenters. The lowest BCUT2D eigenvalue weighted by Gasteiger charge is -2.32. The molecule has 1 aliphatic rings. The first-order valence-corrected chi connectivity index (χ1v) is 10.5. The highest BCUT2D eigenvalue weighted by Crippen LogP contribution is 2.26. The maximum Gasteiger partial charge on any atom is 0.340 e. The lowest BCUT2D eigenvalue weighted by Crippen LogP contribution is -2.40. The number of halogens is 2. The number of benzene rings is 2. The second-order valence-corrected chi connectivity index (χ2v) is 7.91. The van der Waals surface area contributed by atoms with E-state index in [9.17, 15) is 9.59 Å². The van der Waals surface area contributed by atoms with Crippen molar-refractivity contribution in [3.8, 4) is 0 Å². The molecule has 3 rings (SSSR count). The first-order chi connectivity index (χ1) is 14.0. The minimum Gasteiger partial charge on any atom is -0.462 e. The molecule has 1 unspecified atom stereocenters. The van der Waals surface area contributed by atoms with Gasteiger partial charge in [0.2, 0.25) is 5.91 Å². The van der Waals surface area contributed by atoms with Crippen LogP contribution in [0, 0.1) is 5.92 Å². The highest BCUT2D eigenvalue weighted by molar-refractivity contribution is 6.35. The van der Waals surface area contributed by atoms with Crippen molar-refractivity contribution in [2.24, 2.45) is 5.92 Å². The zero-order valence-electron chi connectivity index (χ0n) is 16.3. The molecule has 29 heavy (non-hydrogen) atoms.